The molecule has 1 heterocycles. The molecule has 0 aliphatic carbocycles. The highest BCUT2D eigenvalue weighted by atomic mass is 16.5. The Morgan fingerprint density at radius 1 is 0.679 bits per heavy atom. The summed E-state index contributed by atoms with van der Waals surface area (Å²) < 4.78 is 6.29. The van der Waals surface area contributed by atoms with E-state index in [2.05, 4.69) is 95.9 Å². The van der Waals surface area contributed by atoms with Crippen LogP contribution in [0, 0.1) is 0 Å². The Balaban J connectivity index is 1.42. The zero-order valence-electron chi connectivity index (χ0n) is 16.4. The molecular formula is C26H29NO. The van der Waals surface area contributed by atoms with E-state index in [1.807, 2.05) is 0 Å². The summed E-state index contributed by atoms with van der Waals surface area (Å²) >= 11 is 0. The van der Waals surface area contributed by atoms with Crippen LogP contribution in [0.15, 0.2) is 91.0 Å². The Bertz CT molecular complexity index is 819. The molecular weight excluding hydrogens is 342 g/mol. The van der Waals surface area contributed by atoms with Gasteiger partial charge in [-0.2, -0.15) is 0 Å². The van der Waals surface area contributed by atoms with Gasteiger partial charge in [-0.05, 0) is 36.0 Å². The molecule has 0 bridgehead atoms. The lowest BCUT2D eigenvalue weighted by Crippen LogP contribution is -2.46. The number of piperidine rings is 1. The third-order valence-corrected chi connectivity index (χ3v) is 5.65. The fourth-order valence-corrected chi connectivity index (χ4v) is 4.12. The van der Waals surface area contributed by atoms with Crippen LogP contribution in [0.2, 0.25) is 0 Å². The van der Waals surface area contributed by atoms with Gasteiger partial charge in [0.2, 0.25) is 0 Å². The van der Waals surface area contributed by atoms with Gasteiger partial charge in [-0.3, -0.25) is 4.90 Å². The second-order valence-corrected chi connectivity index (χ2v) is 7.75. The van der Waals surface area contributed by atoms with Crippen molar-refractivity contribution in [2.45, 2.75) is 44.6 Å². The first-order chi connectivity index (χ1) is 13.9. The molecule has 2 unspecified atom stereocenters. The number of nitrogens with zero attached hydrogens (tertiary/aromatic N) is 1. The topological polar surface area (TPSA) is 12.5 Å². The van der Waals surface area contributed by atoms with Crippen molar-refractivity contribution in [3.05, 3.63) is 108 Å². The van der Waals surface area contributed by atoms with Crippen LogP contribution in [0.25, 0.3) is 0 Å². The van der Waals surface area contributed by atoms with Crippen LogP contribution in [0.3, 0.4) is 0 Å². The van der Waals surface area contributed by atoms with Crippen molar-refractivity contribution < 1.29 is 4.74 Å². The number of rotatable bonds is 7. The van der Waals surface area contributed by atoms with Crippen LogP contribution < -0.4 is 0 Å². The lowest BCUT2D eigenvalue weighted by molar-refractivity contribution is -0.0312. The molecule has 1 aliphatic rings. The minimum Gasteiger partial charge on any atom is -0.372 e. The van der Waals surface area contributed by atoms with E-state index in [1.165, 1.54) is 23.1 Å². The zero-order valence-corrected chi connectivity index (χ0v) is 16.4. The molecule has 3 aromatic rings. The van der Waals surface area contributed by atoms with E-state index in [9.17, 15) is 0 Å². The molecule has 1 fully saturated rings. The highest BCUT2D eigenvalue weighted by molar-refractivity contribution is 5.18. The van der Waals surface area contributed by atoms with Gasteiger partial charge >= 0.3 is 0 Å². The molecule has 4 rings (SSSR count). The first kappa shape index (κ1) is 18.9. The van der Waals surface area contributed by atoms with Crippen LogP contribution in [0.5, 0.6) is 0 Å². The average molecular weight is 372 g/mol. The predicted octanol–water partition coefficient (Wildman–Crippen LogP) is 5.48. The van der Waals surface area contributed by atoms with Crippen LogP contribution in [0.1, 0.15) is 29.5 Å². The van der Waals surface area contributed by atoms with Crippen LogP contribution in [-0.2, 0) is 24.3 Å². The van der Waals surface area contributed by atoms with Crippen LogP contribution in [0.4, 0.5) is 0 Å². The zero-order chi connectivity index (χ0) is 19.0. The normalized spacial score (nSPS) is 20.1. The maximum atomic E-state index is 6.29. The van der Waals surface area contributed by atoms with E-state index >= 15 is 0 Å². The van der Waals surface area contributed by atoms with Gasteiger partial charge in [-0.1, -0.05) is 91.0 Å². The van der Waals surface area contributed by atoms with Crippen molar-refractivity contribution in [2.75, 3.05) is 6.54 Å². The summed E-state index contributed by atoms with van der Waals surface area (Å²) in [5, 5.41) is 0. The third-order valence-electron chi connectivity index (χ3n) is 5.65. The molecule has 144 valence electrons. The van der Waals surface area contributed by atoms with Gasteiger partial charge in [0.15, 0.2) is 0 Å². The second-order valence-electron chi connectivity index (χ2n) is 7.75. The first-order valence-corrected chi connectivity index (χ1v) is 10.3. The molecule has 2 heteroatoms. The smallest absolute Gasteiger partial charge is 0.0721 e. The van der Waals surface area contributed by atoms with Gasteiger partial charge in [-0.25, -0.2) is 0 Å². The highest BCUT2D eigenvalue weighted by Gasteiger charge is 2.29. The monoisotopic (exact) mass is 371 g/mol. The molecule has 28 heavy (non-hydrogen) atoms. The van der Waals surface area contributed by atoms with Crippen LogP contribution in [-0.4, -0.2) is 23.6 Å². The molecule has 2 nitrogen and oxygen atoms in total. The lowest BCUT2D eigenvalue weighted by Gasteiger charge is -2.40. The predicted molar refractivity (Wildman–Crippen MR) is 115 cm³/mol. The molecule has 0 aromatic heterocycles. The summed E-state index contributed by atoms with van der Waals surface area (Å²) in [4.78, 5) is 2.63. The van der Waals surface area contributed by atoms with Gasteiger partial charge in [0.1, 0.15) is 0 Å². The molecule has 0 saturated carbocycles. The van der Waals surface area contributed by atoms with E-state index in [4.69, 9.17) is 4.74 Å². The Morgan fingerprint density at radius 2 is 1.25 bits per heavy atom. The summed E-state index contributed by atoms with van der Waals surface area (Å²) in [6.07, 6.45) is 3.73. The Hall–Kier alpha value is -2.42. The van der Waals surface area contributed by atoms with Crippen molar-refractivity contribution in [2.24, 2.45) is 0 Å². The van der Waals surface area contributed by atoms with Crippen molar-refractivity contribution >= 4 is 0 Å². The van der Waals surface area contributed by atoms with Gasteiger partial charge < -0.3 is 4.74 Å². The summed E-state index contributed by atoms with van der Waals surface area (Å²) in [5.74, 6) is 0. The summed E-state index contributed by atoms with van der Waals surface area (Å²) in [6.45, 7) is 2.69. The number of benzene rings is 3. The summed E-state index contributed by atoms with van der Waals surface area (Å²) in [6, 6.07) is 32.8. The van der Waals surface area contributed by atoms with Crippen molar-refractivity contribution in [3.8, 4) is 0 Å². The Labute approximate surface area is 168 Å². The maximum Gasteiger partial charge on any atom is 0.0721 e. The molecule has 3 aromatic carbocycles. The Morgan fingerprint density at radius 3 is 1.89 bits per heavy atom. The quantitative estimate of drug-likeness (QED) is 0.545. The van der Waals surface area contributed by atoms with E-state index in [0.29, 0.717) is 18.8 Å². The standard InChI is InChI=1S/C26H29NO/c1-4-10-22(11-5-1)18-25-16-17-26(28-21-24-14-8-3-9-15-24)20-27(25)19-23-12-6-2-7-13-23/h1-15,25-26H,16-21H2. The first-order valence-electron chi connectivity index (χ1n) is 10.3. The minimum atomic E-state index is 0.302. The van der Waals surface area contributed by atoms with E-state index < -0.39 is 0 Å². The van der Waals surface area contributed by atoms with E-state index in [-0.39, 0.29) is 0 Å². The fourth-order valence-electron chi connectivity index (χ4n) is 4.12. The van der Waals surface area contributed by atoms with Crippen molar-refractivity contribution in [3.63, 3.8) is 0 Å². The van der Waals surface area contributed by atoms with E-state index in [0.717, 1.165) is 25.9 Å². The average Bonchev–Trinajstić information content (AvgIpc) is 2.76. The molecule has 0 amide bonds. The van der Waals surface area contributed by atoms with Crippen molar-refractivity contribution in [1.82, 2.24) is 4.90 Å². The summed E-state index contributed by atoms with van der Waals surface area (Å²) in [7, 11) is 0. The molecule has 1 saturated heterocycles. The minimum absolute atomic E-state index is 0.302. The van der Waals surface area contributed by atoms with Gasteiger partial charge in [0, 0.05) is 19.1 Å². The summed E-state index contributed by atoms with van der Waals surface area (Å²) in [5.41, 5.74) is 4.06. The Kier molecular flexibility index (Phi) is 6.54. The number of ether oxygens (including phenoxy) is 1. The molecule has 1 aliphatic heterocycles. The molecule has 0 N–H and O–H groups in total. The van der Waals surface area contributed by atoms with Gasteiger partial charge in [-0.15, -0.1) is 0 Å². The second kappa shape index (κ2) is 9.68. The number of hydrogen-bond donors (Lipinski definition) is 0. The maximum absolute atomic E-state index is 6.29. The highest BCUT2D eigenvalue weighted by Crippen LogP contribution is 2.25. The van der Waals surface area contributed by atoms with Gasteiger partial charge in [0.05, 0.1) is 12.7 Å². The molecule has 0 spiro atoms. The fraction of sp³-hybridized carbons (Fsp3) is 0.308. The SMILES string of the molecule is c1ccc(COC2CCC(Cc3ccccc3)N(Cc3ccccc3)C2)cc1. The van der Waals surface area contributed by atoms with Crippen molar-refractivity contribution in [1.29, 1.82) is 0 Å². The third kappa shape index (κ3) is 5.31. The number of likely N-dealkylation sites (tertiary alicyclic amines) is 1. The molecule has 2 atom stereocenters. The van der Waals surface area contributed by atoms with Gasteiger partial charge in [0.25, 0.3) is 0 Å². The molecule has 0 radical (unpaired) electrons. The van der Waals surface area contributed by atoms with Crippen LogP contribution >= 0.6 is 0 Å². The number of hydrogen-bond acceptors (Lipinski definition) is 2. The lowest BCUT2D eigenvalue weighted by atomic mass is 9.93. The van der Waals surface area contributed by atoms with E-state index in [1.54, 1.807) is 0 Å². The largest absolute Gasteiger partial charge is 0.372 e.